The number of nitrogens with zero attached hydrogens (tertiary/aromatic N) is 1. The summed E-state index contributed by atoms with van der Waals surface area (Å²) in [5.41, 5.74) is 1.09. The molecule has 1 amide bonds. The lowest BCUT2D eigenvalue weighted by molar-refractivity contribution is -0.115. The number of hydrogen-bond acceptors (Lipinski definition) is 3. The molecule has 1 N–H and O–H groups in total. The monoisotopic (exact) mass is 364 g/mol. The average Bonchev–Trinajstić information content (AvgIpc) is 2.59. The van der Waals surface area contributed by atoms with Crippen molar-refractivity contribution in [2.75, 3.05) is 0 Å². The van der Waals surface area contributed by atoms with E-state index in [1.54, 1.807) is 12.1 Å². The van der Waals surface area contributed by atoms with E-state index in [2.05, 4.69) is 9.71 Å². The van der Waals surface area contributed by atoms with Crippen LogP contribution in [0.5, 0.6) is 0 Å². The molecule has 1 fully saturated rings. The highest BCUT2D eigenvalue weighted by Gasteiger charge is 2.22. The number of rotatable bonds is 7. The van der Waals surface area contributed by atoms with Gasteiger partial charge in [0.15, 0.2) is 0 Å². The van der Waals surface area contributed by atoms with Crippen molar-refractivity contribution in [3.8, 4) is 0 Å². The highest BCUT2D eigenvalue weighted by molar-refractivity contribution is 7.90. The van der Waals surface area contributed by atoms with Crippen LogP contribution in [0, 0.1) is 6.92 Å². The van der Waals surface area contributed by atoms with Gasteiger partial charge in [0, 0.05) is 6.04 Å². The molecule has 0 atom stereocenters. The molecular weight excluding hydrogens is 336 g/mol. The SMILES string of the molecule is CCCC/C(=N\S(=O)(=O)c1ccc(C)cc1)C(=O)NC1CCCCC1. The zero-order valence-corrected chi connectivity index (χ0v) is 15.9. The summed E-state index contributed by atoms with van der Waals surface area (Å²) in [5.74, 6) is -0.337. The van der Waals surface area contributed by atoms with Crippen LogP contribution in [0.2, 0.25) is 0 Å². The smallest absolute Gasteiger partial charge is 0.282 e. The summed E-state index contributed by atoms with van der Waals surface area (Å²) >= 11 is 0. The minimum atomic E-state index is -3.87. The Morgan fingerprint density at radius 3 is 2.40 bits per heavy atom. The maximum Gasteiger partial charge on any atom is 0.282 e. The predicted octanol–water partition coefficient (Wildman–Crippen LogP) is 3.76. The molecule has 1 aliphatic carbocycles. The molecule has 0 aliphatic heterocycles. The summed E-state index contributed by atoms with van der Waals surface area (Å²) in [5, 5.41) is 2.98. The lowest BCUT2D eigenvalue weighted by Gasteiger charge is -2.23. The number of nitrogens with one attached hydrogen (secondary N) is 1. The van der Waals surface area contributed by atoms with E-state index in [9.17, 15) is 13.2 Å². The molecule has 1 aliphatic rings. The van der Waals surface area contributed by atoms with Crippen molar-refractivity contribution in [1.82, 2.24) is 5.32 Å². The van der Waals surface area contributed by atoms with E-state index in [1.807, 2.05) is 13.8 Å². The van der Waals surface area contributed by atoms with Crippen LogP contribution in [0.3, 0.4) is 0 Å². The molecule has 0 aromatic heterocycles. The Balaban J connectivity index is 2.20. The van der Waals surface area contributed by atoms with Gasteiger partial charge in [-0.25, -0.2) is 0 Å². The van der Waals surface area contributed by atoms with Crippen LogP contribution in [0.25, 0.3) is 0 Å². The topological polar surface area (TPSA) is 75.6 Å². The number of carbonyl (C=O) groups is 1. The fraction of sp³-hybridized carbons (Fsp3) is 0.579. The third-order valence-corrected chi connectivity index (χ3v) is 5.85. The fourth-order valence-corrected chi connectivity index (χ4v) is 4.02. The first-order valence-electron chi connectivity index (χ1n) is 9.13. The summed E-state index contributed by atoms with van der Waals surface area (Å²) in [4.78, 5) is 12.7. The molecule has 0 heterocycles. The molecule has 5 nitrogen and oxygen atoms in total. The number of amides is 1. The lowest BCUT2D eigenvalue weighted by Crippen LogP contribution is -2.40. The van der Waals surface area contributed by atoms with Crippen LogP contribution >= 0.6 is 0 Å². The second kappa shape index (κ2) is 9.13. The molecule has 0 saturated heterocycles. The molecule has 0 bridgehead atoms. The van der Waals surface area contributed by atoms with E-state index in [1.165, 1.54) is 18.6 Å². The minimum absolute atomic E-state index is 0.119. The fourth-order valence-electron chi connectivity index (χ4n) is 2.97. The molecule has 25 heavy (non-hydrogen) atoms. The zero-order chi connectivity index (χ0) is 18.3. The average molecular weight is 365 g/mol. The van der Waals surface area contributed by atoms with Gasteiger partial charge in [0.05, 0.1) is 4.90 Å². The van der Waals surface area contributed by atoms with Crippen molar-refractivity contribution < 1.29 is 13.2 Å². The van der Waals surface area contributed by atoms with Gasteiger partial charge in [-0.1, -0.05) is 50.3 Å². The van der Waals surface area contributed by atoms with Gasteiger partial charge < -0.3 is 5.32 Å². The molecule has 1 aromatic rings. The Morgan fingerprint density at radius 1 is 1.16 bits per heavy atom. The van der Waals surface area contributed by atoms with E-state index in [-0.39, 0.29) is 22.6 Å². The van der Waals surface area contributed by atoms with Crippen molar-refractivity contribution in [3.63, 3.8) is 0 Å². The first-order chi connectivity index (χ1) is 11.9. The maximum absolute atomic E-state index is 12.6. The third kappa shape index (κ3) is 5.96. The maximum atomic E-state index is 12.6. The number of carbonyl (C=O) groups excluding carboxylic acids is 1. The van der Waals surface area contributed by atoms with Gasteiger partial charge >= 0.3 is 0 Å². The van der Waals surface area contributed by atoms with E-state index in [0.29, 0.717) is 6.42 Å². The Bertz CT molecular complexity index is 703. The number of benzene rings is 1. The second-order valence-corrected chi connectivity index (χ2v) is 8.34. The standard InChI is InChI=1S/C19H28N2O3S/c1-3-4-10-18(19(22)20-16-8-6-5-7-9-16)21-25(23,24)17-13-11-15(2)12-14-17/h11-14,16H,3-10H2,1-2H3,(H,20,22)/b21-18+. The van der Waals surface area contributed by atoms with Gasteiger partial charge in [0.1, 0.15) is 5.71 Å². The molecule has 1 saturated carbocycles. The van der Waals surface area contributed by atoms with E-state index in [4.69, 9.17) is 0 Å². The molecule has 0 unspecified atom stereocenters. The van der Waals surface area contributed by atoms with Crippen LogP contribution in [0.4, 0.5) is 0 Å². The molecule has 2 rings (SSSR count). The van der Waals surface area contributed by atoms with E-state index >= 15 is 0 Å². The lowest BCUT2D eigenvalue weighted by atomic mass is 9.95. The zero-order valence-electron chi connectivity index (χ0n) is 15.1. The van der Waals surface area contributed by atoms with Gasteiger partial charge in [-0.15, -0.1) is 0 Å². The highest BCUT2D eigenvalue weighted by atomic mass is 32.2. The Kier molecular flexibility index (Phi) is 7.17. The van der Waals surface area contributed by atoms with Crippen molar-refractivity contribution in [2.24, 2.45) is 4.40 Å². The van der Waals surface area contributed by atoms with Gasteiger partial charge in [0.25, 0.3) is 15.9 Å². The van der Waals surface area contributed by atoms with Gasteiger partial charge in [0.2, 0.25) is 0 Å². The second-order valence-electron chi connectivity index (χ2n) is 6.74. The largest absolute Gasteiger partial charge is 0.348 e. The van der Waals surface area contributed by atoms with Crippen LogP contribution < -0.4 is 5.32 Å². The highest BCUT2D eigenvalue weighted by Crippen LogP contribution is 2.18. The Morgan fingerprint density at radius 2 is 1.80 bits per heavy atom. The van der Waals surface area contributed by atoms with Crippen molar-refractivity contribution >= 4 is 21.6 Å². The molecular formula is C19H28N2O3S. The van der Waals surface area contributed by atoms with Crippen molar-refractivity contribution in [3.05, 3.63) is 29.8 Å². The normalized spacial score (nSPS) is 16.6. The van der Waals surface area contributed by atoms with Crippen LogP contribution in [0.1, 0.15) is 63.9 Å². The quantitative estimate of drug-likeness (QED) is 0.748. The number of unbranched alkanes of at least 4 members (excludes halogenated alkanes) is 1. The van der Waals surface area contributed by atoms with Gasteiger partial charge in [-0.2, -0.15) is 12.8 Å². The summed E-state index contributed by atoms with van der Waals surface area (Å²) in [6.45, 7) is 3.90. The molecule has 6 heteroatoms. The van der Waals surface area contributed by atoms with Crippen LogP contribution in [-0.4, -0.2) is 26.1 Å². The van der Waals surface area contributed by atoms with Crippen LogP contribution in [0.15, 0.2) is 33.6 Å². The van der Waals surface area contributed by atoms with Crippen molar-refractivity contribution in [1.29, 1.82) is 0 Å². The first-order valence-corrected chi connectivity index (χ1v) is 10.6. The summed E-state index contributed by atoms with van der Waals surface area (Å²) in [6, 6.07) is 6.66. The summed E-state index contributed by atoms with van der Waals surface area (Å²) in [6.07, 6.45) is 7.31. The Labute approximate surface area is 151 Å². The van der Waals surface area contributed by atoms with E-state index in [0.717, 1.165) is 44.1 Å². The Hall–Kier alpha value is -1.69. The minimum Gasteiger partial charge on any atom is -0.348 e. The van der Waals surface area contributed by atoms with Crippen LogP contribution in [-0.2, 0) is 14.8 Å². The molecule has 0 spiro atoms. The summed E-state index contributed by atoms with van der Waals surface area (Å²) in [7, 11) is -3.87. The number of hydrogen-bond donors (Lipinski definition) is 1. The molecule has 1 aromatic carbocycles. The van der Waals surface area contributed by atoms with E-state index < -0.39 is 10.0 Å². The van der Waals surface area contributed by atoms with Gasteiger partial charge in [-0.3, -0.25) is 4.79 Å². The predicted molar refractivity (Wildman–Crippen MR) is 100 cm³/mol. The van der Waals surface area contributed by atoms with Gasteiger partial charge in [-0.05, 0) is 44.7 Å². The third-order valence-electron chi connectivity index (χ3n) is 4.52. The number of aryl methyl sites for hydroxylation is 1. The molecule has 138 valence electrons. The molecule has 0 radical (unpaired) electrons. The van der Waals surface area contributed by atoms with Crippen molar-refractivity contribution in [2.45, 2.75) is 76.2 Å². The first kappa shape index (κ1) is 19.6. The summed E-state index contributed by atoms with van der Waals surface area (Å²) < 4.78 is 29.0. The number of sulfonamides is 1.